The van der Waals surface area contributed by atoms with E-state index in [0.717, 1.165) is 10.5 Å². The van der Waals surface area contributed by atoms with Crippen molar-refractivity contribution in [3.05, 3.63) is 66.1 Å². The molecule has 1 amide bonds. The third-order valence-corrected chi connectivity index (χ3v) is 5.73. The summed E-state index contributed by atoms with van der Waals surface area (Å²) in [6.45, 7) is 4.35. The Labute approximate surface area is 173 Å². The van der Waals surface area contributed by atoms with Crippen molar-refractivity contribution < 1.29 is 9.21 Å². The molecule has 1 aromatic heterocycles. The van der Waals surface area contributed by atoms with Crippen molar-refractivity contribution in [2.75, 3.05) is 11.1 Å². The number of hydrogen-bond donors (Lipinski definition) is 1. The molecule has 0 aliphatic rings. The standard InChI is InChI=1S/C21H23N3O2S2/c1-15(2)28-18-10-8-16(9-11-18)14-20-23-24-21(26-20)22-19(25)12-13-27-17-6-4-3-5-7-17/h3-11,15H,12-14H2,1-2H3,(H,22,24,25). The zero-order valence-corrected chi connectivity index (χ0v) is 17.6. The summed E-state index contributed by atoms with van der Waals surface area (Å²) in [6.07, 6.45) is 0.922. The molecule has 0 aliphatic carbocycles. The van der Waals surface area contributed by atoms with Gasteiger partial charge in [-0.05, 0) is 29.8 Å². The van der Waals surface area contributed by atoms with Gasteiger partial charge in [-0.15, -0.1) is 28.6 Å². The third-order valence-electron chi connectivity index (χ3n) is 3.70. The molecule has 0 spiro atoms. The topological polar surface area (TPSA) is 68.0 Å². The summed E-state index contributed by atoms with van der Waals surface area (Å²) in [7, 11) is 0. The van der Waals surface area contributed by atoms with Crippen LogP contribution >= 0.6 is 23.5 Å². The minimum Gasteiger partial charge on any atom is -0.407 e. The zero-order valence-electron chi connectivity index (χ0n) is 15.9. The first kappa shape index (κ1) is 20.5. The van der Waals surface area contributed by atoms with E-state index in [1.54, 1.807) is 11.8 Å². The molecule has 0 bridgehead atoms. The number of hydrogen-bond acceptors (Lipinski definition) is 6. The number of benzene rings is 2. The van der Waals surface area contributed by atoms with Crippen LogP contribution in [0.3, 0.4) is 0 Å². The molecule has 1 heterocycles. The summed E-state index contributed by atoms with van der Waals surface area (Å²) < 4.78 is 5.55. The molecule has 28 heavy (non-hydrogen) atoms. The molecule has 0 aliphatic heterocycles. The normalized spacial score (nSPS) is 11.0. The van der Waals surface area contributed by atoms with Crippen LogP contribution < -0.4 is 5.32 Å². The van der Waals surface area contributed by atoms with Crippen LogP contribution in [-0.2, 0) is 11.2 Å². The van der Waals surface area contributed by atoms with Gasteiger partial charge in [-0.2, -0.15) is 0 Å². The average Bonchev–Trinajstić information content (AvgIpc) is 3.10. The van der Waals surface area contributed by atoms with Crippen molar-refractivity contribution in [3.63, 3.8) is 0 Å². The molecule has 0 atom stereocenters. The maximum atomic E-state index is 12.0. The van der Waals surface area contributed by atoms with Crippen LogP contribution in [0.25, 0.3) is 0 Å². The number of rotatable bonds is 9. The number of carbonyl (C=O) groups excluding carboxylic acids is 1. The largest absolute Gasteiger partial charge is 0.407 e. The molecule has 3 rings (SSSR count). The molecule has 1 N–H and O–H groups in total. The second-order valence-electron chi connectivity index (χ2n) is 6.45. The van der Waals surface area contributed by atoms with Crippen molar-refractivity contribution in [2.45, 2.75) is 41.7 Å². The number of nitrogens with zero attached hydrogens (tertiary/aromatic N) is 2. The predicted octanol–water partition coefficient (Wildman–Crippen LogP) is 5.28. The van der Waals surface area contributed by atoms with Crippen LogP contribution in [0.5, 0.6) is 0 Å². The highest BCUT2D eigenvalue weighted by Crippen LogP contribution is 2.23. The number of nitrogens with one attached hydrogen (secondary N) is 1. The van der Waals surface area contributed by atoms with E-state index in [2.05, 4.69) is 53.6 Å². The molecule has 3 aromatic rings. The van der Waals surface area contributed by atoms with Gasteiger partial charge in [-0.3, -0.25) is 10.1 Å². The van der Waals surface area contributed by atoms with Gasteiger partial charge < -0.3 is 4.42 Å². The Bertz CT molecular complexity index is 880. The minimum atomic E-state index is -0.131. The molecule has 0 saturated heterocycles. The Morgan fingerprint density at radius 2 is 1.79 bits per heavy atom. The summed E-state index contributed by atoms with van der Waals surface area (Å²) in [5.41, 5.74) is 1.09. The zero-order chi connectivity index (χ0) is 19.8. The van der Waals surface area contributed by atoms with Crippen LogP contribution in [0, 0.1) is 0 Å². The fourth-order valence-electron chi connectivity index (χ4n) is 2.47. The number of aromatic nitrogens is 2. The van der Waals surface area contributed by atoms with Gasteiger partial charge in [0.15, 0.2) is 0 Å². The molecule has 146 valence electrons. The fourth-order valence-corrected chi connectivity index (χ4v) is 4.18. The van der Waals surface area contributed by atoms with E-state index in [1.165, 1.54) is 4.90 Å². The van der Waals surface area contributed by atoms with Crippen LogP contribution in [0.4, 0.5) is 6.01 Å². The highest BCUT2D eigenvalue weighted by atomic mass is 32.2. The predicted molar refractivity (Wildman–Crippen MR) is 115 cm³/mol. The van der Waals surface area contributed by atoms with Crippen molar-refractivity contribution in [1.29, 1.82) is 0 Å². The second kappa shape index (κ2) is 10.3. The lowest BCUT2D eigenvalue weighted by Gasteiger charge is -2.05. The maximum absolute atomic E-state index is 12.0. The van der Waals surface area contributed by atoms with E-state index in [0.29, 0.717) is 29.7 Å². The number of thioether (sulfide) groups is 2. The Balaban J connectivity index is 1.45. The van der Waals surface area contributed by atoms with Gasteiger partial charge in [0.25, 0.3) is 0 Å². The minimum absolute atomic E-state index is 0.131. The Hall–Kier alpha value is -2.25. The molecular weight excluding hydrogens is 390 g/mol. The SMILES string of the molecule is CC(C)Sc1ccc(Cc2nnc(NC(=O)CCSc3ccccc3)o2)cc1. The van der Waals surface area contributed by atoms with Crippen molar-refractivity contribution in [3.8, 4) is 0 Å². The lowest BCUT2D eigenvalue weighted by molar-refractivity contribution is -0.115. The molecule has 0 fully saturated rings. The summed E-state index contributed by atoms with van der Waals surface area (Å²) in [5, 5.41) is 11.2. The summed E-state index contributed by atoms with van der Waals surface area (Å²) in [6, 6.07) is 18.5. The molecule has 7 heteroatoms. The molecule has 2 aromatic carbocycles. The summed E-state index contributed by atoms with van der Waals surface area (Å²) in [5.74, 6) is 1.05. The third kappa shape index (κ3) is 6.73. The van der Waals surface area contributed by atoms with E-state index in [1.807, 2.05) is 42.1 Å². The quantitative estimate of drug-likeness (QED) is 0.481. The molecule has 0 saturated carbocycles. The highest BCUT2D eigenvalue weighted by Gasteiger charge is 2.11. The van der Waals surface area contributed by atoms with Gasteiger partial charge in [0.2, 0.25) is 11.8 Å². The van der Waals surface area contributed by atoms with Crippen LogP contribution in [0.2, 0.25) is 0 Å². The Morgan fingerprint density at radius 3 is 2.50 bits per heavy atom. The smallest absolute Gasteiger partial charge is 0.322 e. The Morgan fingerprint density at radius 1 is 1.04 bits per heavy atom. The lowest BCUT2D eigenvalue weighted by Crippen LogP contribution is -2.12. The van der Waals surface area contributed by atoms with E-state index in [4.69, 9.17) is 4.42 Å². The summed E-state index contributed by atoms with van der Waals surface area (Å²) >= 11 is 3.47. The van der Waals surface area contributed by atoms with Gasteiger partial charge in [0, 0.05) is 27.2 Å². The first-order valence-corrected chi connectivity index (χ1v) is 11.0. The van der Waals surface area contributed by atoms with Gasteiger partial charge in [-0.1, -0.05) is 49.3 Å². The van der Waals surface area contributed by atoms with Crippen LogP contribution in [0.15, 0.2) is 68.8 Å². The van der Waals surface area contributed by atoms with Gasteiger partial charge in [0.1, 0.15) is 0 Å². The van der Waals surface area contributed by atoms with Crippen molar-refractivity contribution in [1.82, 2.24) is 10.2 Å². The molecule has 5 nitrogen and oxygen atoms in total. The monoisotopic (exact) mass is 413 g/mol. The first-order chi connectivity index (χ1) is 13.6. The van der Waals surface area contributed by atoms with E-state index >= 15 is 0 Å². The highest BCUT2D eigenvalue weighted by molar-refractivity contribution is 8.00. The molecule has 0 unspecified atom stereocenters. The number of anilines is 1. The number of amides is 1. The number of carbonyl (C=O) groups is 1. The van der Waals surface area contributed by atoms with Gasteiger partial charge in [-0.25, -0.2) is 0 Å². The van der Waals surface area contributed by atoms with Gasteiger partial charge in [0.05, 0.1) is 6.42 Å². The molecular formula is C21H23N3O2S2. The van der Waals surface area contributed by atoms with Crippen molar-refractivity contribution >= 4 is 35.4 Å². The fraction of sp³-hybridized carbons (Fsp3) is 0.286. The van der Waals surface area contributed by atoms with E-state index < -0.39 is 0 Å². The van der Waals surface area contributed by atoms with E-state index in [-0.39, 0.29) is 11.9 Å². The Kier molecular flexibility index (Phi) is 7.56. The van der Waals surface area contributed by atoms with Crippen molar-refractivity contribution in [2.24, 2.45) is 0 Å². The second-order valence-corrected chi connectivity index (χ2v) is 9.27. The van der Waals surface area contributed by atoms with E-state index in [9.17, 15) is 4.79 Å². The lowest BCUT2D eigenvalue weighted by atomic mass is 10.1. The molecule has 0 radical (unpaired) electrons. The maximum Gasteiger partial charge on any atom is 0.322 e. The van der Waals surface area contributed by atoms with Gasteiger partial charge >= 0.3 is 6.01 Å². The van der Waals surface area contributed by atoms with Crippen LogP contribution in [-0.4, -0.2) is 27.1 Å². The first-order valence-electron chi connectivity index (χ1n) is 9.14. The van der Waals surface area contributed by atoms with Crippen LogP contribution in [0.1, 0.15) is 31.7 Å². The average molecular weight is 414 g/mol. The summed E-state index contributed by atoms with van der Waals surface area (Å²) in [4.78, 5) is 14.4.